The number of anilines is 1. The number of fused-ring (bicyclic) bond motifs is 1. The van der Waals surface area contributed by atoms with Crippen LogP contribution in [0.1, 0.15) is 18.5 Å². The molecule has 3 N–H and O–H groups in total. The summed E-state index contributed by atoms with van der Waals surface area (Å²) in [4.78, 5) is 4.49. The highest BCUT2D eigenvalue weighted by Crippen LogP contribution is 2.28. The van der Waals surface area contributed by atoms with Gasteiger partial charge >= 0.3 is 0 Å². The van der Waals surface area contributed by atoms with Gasteiger partial charge in [-0.2, -0.15) is 0 Å². The number of nitrogens with zero attached hydrogens (tertiary/aromatic N) is 1. The first-order valence-electron chi connectivity index (χ1n) is 5.16. The minimum absolute atomic E-state index is 0.0571. The average molecular weight is 236 g/mol. The predicted octanol–water partition coefficient (Wildman–Crippen LogP) is 2.95. The molecule has 0 aliphatic carbocycles. The summed E-state index contributed by atoms with van der Waals surface area (Å²) in [6.45, 7) is 1.94. The predicted molar refractivity (Wildman–Crippen MR) is 68.9 cm³/mol. The topological polar surface area (TPSA) is 50.9 Å². The molecule has 0 saturated heterocycles. The molecule has 0 fully saturated rings. The Bertz CT molecular complexity index is 523. The molecule has 16 heavy (non-hydrogen) atoms. The smallest absolute Gasteiger partial charge is 0.131 e. The van der Waals surface area contributed by atoms with Gasteiger partial charge in [0.2, 0.25) is 0 Å². The van der Waals surface area contributed by atoms with Crippen molar-refractivity contribution in [1.29, 1.82) is 0 Å². The third kappa shape index (κ3) is 1.84. The lowest BCUT2D eigenvalue weighted by Crippen LogP contribution is -2.09. The van der Waals surface area contributed by atoms with Crippen molar-refractivity contribution < 1.29 is 0 Å². The third-order valence-electron chi connectivity index (χ3n) is 2.55. The quantitative estimate of drug-likeness (QED) is 0.842. The van der Waals surface area contributed by atoms with E-state index in [-0.39, 0.29) is 6.04 Å². The number of pyridine rings is 1. The minimum atomic E-state index is -0.0571. The molecule has 4 heteroatoms. The normalized spacial score (nSPS) is 12.8. The fraction of sp³-hybridized carbons (Fsp3) is 0.250. The van der Waals surface area contributed by atoms with Gasteiger partial charge < -0.3 is 11.1 Å². The highest BCUT2D eigenvalue weighted by atomic mass is 35.5. The summed E-state index contributed by atoms with van der Waals surface area (Å²) in [5, 5.41) is 4.72. The molecule has 1 heterocycles. The molecular weight excluding hydrogens is 222 g/mol. The molecule has 2 rings (SSSR count). The summed E-state index contributed by atoms with van der Waals surface area (Å²) < 4.78 is 0. The summed E-state index contributed by atoms with van der Waals surface area (Å²) in [6, 6.07) is 7.71. The van der Waals surface area contributed by atoms with E-state index in [0.717, 1.165) is 22.3 Å². The van der Waals surface area contributed by atoms with Crippen molar-refractivity contribution in [2.45, 2.75) is 13.0 Å². The first-order valence-corrected chi connectivity index (χ1v) is 5.53. The third-order valence-corrected chi connectivity index (χ3v) is 2.86. The van der Waals surface area contributed by atoms with Crippen molar-refractivity contribution >= 4 is 28.3 Å². The Hall–Kier alpha value is -1.32. The van der Waals surface area contributed by atoms with Crippen molar-refractivity contribution in [3.05, 3.63) is 34.9 Å². The molecule has 0 radical (unpaired) electrons. The standard InChI is InChI=1S/C12H14ClN3/c1-7(14)9-6-8-4-3-5-10(13)11(8)16-12(9)15-2/h3-7H,14H2,1-2H3,(H,15,16). The number of nitrogens with two attached hydrogens (primary N) is 1. The molecule has 0 amide bonds. The van der Waals surface area contributed by atoms with Crippen LogP contribution in [0.15, 0.2) is 24.3 Å². The fourth-order valence-corrected chi connectivity index (χ4v) is 1.95. The maximum atomic E-state index is 6.10. The lowest BCUT2D eigenvalue weighted by atomic mass is 10.1. The van der Waals surface area contributed by atoms with Crippen LogP contribution in [-0.2, 0) is 0 Å². The molecule has 0 aliphatic heterocycles. The highest BCUT2D eigenvalue weighted by molar-refractivity contribution is 6.35. The lowest BCUT2D eigenvalue weighted by molar-refractivity contribution is 0.817. The molecule has 0 aliphatic rings. The van der Waals surface area contributed by atoms with E-state index in [4.69, 9.17) is 17.3 Å². The Labute approximate surface area is 99.6 Å². The number of halogens is 1. The molecule has 1 unspecified atom stereocenters. The molecular formula is C12H14ClN3. The zero-order valence-corrected chi connectivity index (χ0v) is 10.0. The van der Waals surface area contributed by atoms with E-state index < -0.39 is 0 Å². The van der Waals surface area contributed by atoms with Gasteiger partial charge in [0, 0.05) is 24.0 Å². The van der Waals surface area contributed by atoms with Crippen LogP contribution in [-0.4, -0.2) is 12.0 Å². The first kappa shape index (κ1) is 11.2. The van der Waals surface area contributed by atoms with Crippen LogP contribution >= 0.6 is 11.6 Å². The van der Waals surface area contributed by atoms with Gasteiger partial charge in [-0.3, -0.25) is 0 Å². The van der Waals surface area contributed by atoms with E-state index in [1.54, 1.807) is 0 Å². The van der Waals surface area contributed by atoms with Crippen LogP contribution in [0, 0.1) is 0 Å². The Morgan fingerprint density at radius 1 is 1.44 bits per heavy atom. The number of benzene rings is 1. The summed E-state index contributed by atoms with van der Waals surface area (Å²) in [5.41, 5.74) is 7.71. The molecule has 2 aromatic rings. The summed E-state index contributed by atoms with van der Waals surface area (Å²) in [5.74, 6) is 0.788. The van der Waals surface area contributed by atoms with Gasteiger partial charge in [-0.25, -0.2) is 4.98 Å². The molecule has 1 atom stereocenters. The molecule has 1 aromatic carbocycles. The van der Waals surface area contributed by atoms with E-state index in [1.165, 1.54) is 0 Å². The Morgan fingerprint density at radius 3 is 2.81 bits per heavy atom. The van der Waals surface area contributed by atoms with Crippen LogP contribution in [0.3, 0.4) is 0 Å². The lowest BCUT2D eigenvalue weighted by Gasteiger charge is -2.13. The minimum Gasteiger partial charge on any atom is -0.373 e. The summed E-state index contributed by atoms with van der Waals surface area (Å²) in [6.07, 6.45) is 0. The summed E-state index contributed by atoms with van der Waals surface area (Å²) in [7, 11) is 1.83. The van der Waals surface area contributed by atoms with Crippen LogP contribution in [0.2, 0.25) is 5.02 Å². The number of aromatic nitrogens is 1. The van der Waals surface area contributed by atoms with E-state index in [2.05, 4.69) is 10.3 Å². The Balaban J connectivity index is 2.75. The number of hydrogen-bond donors (Lipinski definition) is 2. The first-order chi connectivity index (χ1) is 7.63. The zero-order valence-electron chi connectivity index (χ0n) is 9.29. The molecule has 3 nitrogen and oxygen atoms in total. The van der Waals surface area contributed by atoms with Gasteiger partial charge in [0.15, 0.2) is 0 Å². The number of hydrogen-bond acceptors (Lipinski definition) is 3. The largest absolute Gasteiger partial charge is 0.373 e. The molecule has 84 valence electrons. The molecule has 0 bridgehead atoms. The van der Waals surface area contributed by atoms with Gasteiger partial charge in [-0.15, -0.1) is 0 Å². The average Bonchev–Trinajstić information content (AvgIpc) is 2.28. The second-order valence-electron chi connectivity index (χ2n) is 3.78. The van der Waals surface area contributed by atoms with Gasteiger partial charge in [0.05, 0.1) is 10.5 Å². The summed E-state index contributed by atoms with van der Waals surface area (Å²) >= 11 is 6.10. The number of rotatable bonds is 2. The molecule has 0 saturated carbocycles. The van der Waals surface area contributed by atoms with Crippen molar-refractivity contribution in [3.63, 3.8) is 0 Å². The second-order valence-corrected chi connectivity index (χ2v) is 4.18. The van der Waals surface area contributed by atoms with Crippen LogP contribution < -0.4 is 11.1 Å². The molecule has 1 aromatic heterocycles. The van der Waals surface area contributed by atoms with E-state index in [0.29, 0.717) is 5.02 Å². The van der Waals surface area contributed by atoms with E-state index in [9.17, 15) is 0 Å². The second kappa shape index (κ2) is 4.28. The monoisotopic (exact) mass is 235 g/mol. The van der Waals surface area contributed by atoms with Crippen LogP contribution in [0.5, 0.6) is 0 Å². The number of para-hydroxylation sites is 1. The van der Waals surface area contributed by atoms with Gasteiger partial charge in [-0.05, 0) is 19.1 Å². The van der Waals surface area contributed by atoms with Gasteiger partial charge in [0.1, 0.15) is 5.82 Å². The van der Waals surface area contributed by atoms with E-state index in [1.807, 2.05) is 38.2 Å². The fourth-order valence-electron chi connectivity index (χ4n) is 1.73. The van der Waals surface area contributed by atoms with Crippen molar-refractivity contribution in [2.24, 2.45) is 5.73 Å². The van der Waals surface area contributed by atoms with Crippen molar-refractivity contribution in [2.75, 3.05) is 12.4 Å². The maximum absolute atomic E-state index is 6.10. The van der Waals surface area contributed by atoms with Gasteiger partial charge in [0.25, 0.3) is 0 Å². The van der Waals surface area contributed by atoms with Crippen LogP contribution in [0.25, 0.3) is 10.9 Å². The van der Waals surface area contributed by atoms with E-state index >= 15 is 0 Å². The Kier molecular flexibility index (Phi) is 2.99. The van der Waals surface area contributed by atoms with Gasteiger partial charge in [-0.1, -0.05) is 23.7 Å². The van der Waals surface area contributed by atoms with Crippen LogP contribution in [0.4, 0.5) is 5.82 Å². The zero-order chi connectivity index (χ0) is 11.7. The van der Waals surface area contributed by atoms with Crippen molar-refractivity contribution in [3.8, 4) is 0 Å². The molecule has 0 spiro atoms. The Morgan fingerprint density at radius 2 is 2.19 bits per heavy atom. The SMILES string of the molecule is CNc1nc2c(Cl)cccc2cc1C(C)N. The number of nitrogens with one attached hydrogen (secondary N) is 1. The highest BCUT2D eigenvalue weighted by Gasteiger charge is 2.10. The van der Waals surface area contributed by atoms with Crippen molar-refractivity contribution in [1.82, 2.24) is 4.98 Å². The maximum Gasteiger partial charge on any atom is 0.131 e.